The van der Waals surface area contributed by atoms with Gasteiger partial charge in [-0.25, -0.2) is 0 Å². The number of anilines is 6. The minimum atomic E-state index is 0.815. The smallest absolute Gasteiger partial charge is 0.152 e. The molecule has 0 unspecified atom stereocenters. The van der Waals surface area contributed by atoms with Crippen molar-refractivity contribution < 1.29 is 9.47 Å². The second kappa shape index (κ2) is 9.07. The van der Waals surface area contributed by atoms with Crippen LogP contribution in [0.1, 0.15) is 0 Å². The minimum absolute atomic E-state index is 0.815. The van der Waals surface area contributed by atoms with E-state index < -0.39 is 0 Å². The molecule has 0 saturated carbocycles. The number of hydrogen-bond donors (Lipinski definition) is 0. The fourth-order valence-corrected chi connectivity index (χ4v) is 5.58. The Kier molecular flexibility index (Phi) is 5.10. The first-order chi connectivity index (χ1) is 19.8. The van der Waals surface area contributed by atoms with Gasteiger partial charge in [-0.2, -0.15) is 0 Å². The summed E-state index contributed by atoms with van der Waals surface area (Å²) in [4.78, 5) is 4.51. The van der Waals surface area contributed by atoms with Crippen LogP contribution in [0.2, 0.25) is 0 Å². The summed E-state index contributed by atoms with van der Waals surface area (Å²) < 4.78 is 12.9. The highest BCUT2D eigenvalue weighted by molar-refractivity contribution is 5.90. The number of para-hydroxylation sites is 6. The van der Waals surface area contributed by atoms with E-state index in [1.165, 1.54) is 0 Å². The average Bonchev–Trinajstić information content (AvgIpc) is 3.02. The molecule has 0 spiro atoms. The second-order valence-electron chi connectivity index (χ2n) is 9.85. The lowest BCUT2D eigenvalue weighted by molar-refractivity contribution is 0.476. The highest BCUT2D eigenvalue weighted by atomic mass is 16.5. The molecule has 0 N–H and O–H groups in total. The van der Waals surface area contributed by atoms with Crippen LogP contribution < -0.4 is 19.3 Å². The Morgan fingerprint density at radius 2 is 0.700 bits per heavy atom. The molecule has 0 saturated heterocycles. The van der Waals surface area contributed by atoms with Crippen LogP contribution in [0.15, 0.2) is 146 Å². The fraction of sp³-hybridized carbons (Fsp3) is 0. The summed E-state index contributed by atoms with van der Waals surface area (Å²) >= 11 is 0. The van der Waals surface area contributed by atoms with Crippen molar-refractivity contribution in [3.8, 4) is 34.1 Å². The van der Waals surface area contributed by atoms with Gasteiger partial charge in [0.2, 0.25) is 0 Å². The van der Waals surface area contributed by atoms with E-state index in [9.17, 15) is 0 Å². The van der Waals surface area contributed by atoms with Gasteiger partial charge in [-0.3, -0.25) is 0 Å². The molecule has 8 rings (SSSR count). The molecule has 2 heterocycles. The zero-order valence-corrected chi connectivity index (χ0v) is 21.6. The van der Waals surface area contributed by atoms with E-state index in [0.717, 1.165) is 68.2 Å². The van der Waals surface area contributed by atoms with Crippen LogP contribution in [-0.2, 0) is 0 Å². The molecule has 0 aliphatic carbocycles. The summed E-state index contributed by atoms with van der Waals surface area (Å²) in [5.74, 6) is 3.30. The molecular formula is C36H24N2O2. The molecule has 2 aliphatic heterocycles. The average molecular weight is 517 g/mol. The van der Waals surface area contributed by atoms with Gasteiger partial charge >= 0.3 is 0 Å². The lowest BCUT2D eigenvalue weighted by Crippen LogP contribution is -2.16. The number of nitrogens with zero attached hydrogens (tertiary/aromatic N) is 2. The number of hydrogen-bond acceptors (Lipinski definition) is 4. The Morgan fingerprint density at radius 1 is 0.325 bits per heavy atom. The summed E-state index contributed by atoms with van der Waals surface area (Å²) in [6.45, 7) is 0. The molecule has 6 aromatic carbocycles. The van der Waals surface area contributed by atoms with E-state index in [1.54, 1.807) is 0 Å². The number of fused-ring (bicyclic) bond motifs is 4. The zero-order valence-electron chi connectivity index (χ0n) is 21.6. The van der Waals surface area contributed by atoms with E-state index >= 15 is 0 Å². The predicted octanol–water partition coefficient (Wildman–Crippen LogP) is 10.5. The van der Waals surface area contributed by atoms with E-state index in [-0.39, 0.29) is 0 Å². The van der Waals surface area contributed by atoms with Crippen LogP contribution in [0.5, 0.6) is 23.0 Å². The van der Waals surface area contributed by atoms with Gasteiger partial charge in [0.1, 0.15) is 0 Å². The number of ether oxygens (including phenoxy) is 2. The lowest BCUT2D eigenvalue weighted by atomic mass is 10.0. The molecule has 0 radical (unpaired) electrons. The third kappa shape index (κ3) is 3.62. The molecule has 190 valence electrons. The summed E-state index contributed by atoms with van der Waals surface area (Å²) in [7, 11) is 0. The van der Waals surface area contributed by atoms with Crippen LogP contribution >= 0.6 is 0 Å². The van der Waals surface area contributed by atoms with Crippen molar-refractivity contribution in [3.05, 3.63) is 146 Å². The van der Waals surface area contributed by atoms with Crippen molar-refractivity contribution >= 4 is 34.1 Å². The van der Waals surface area contributed by atoms with Gasteiger partial charge in [0, 0.05) is 11.4 Å². The maximum atomic E-state index is 6.44. The van der Waals surface area contributed by atoms with Gasteiger partial charge < -0.3 is 19.3 Å². The Labute approximate surface area is 232 Å². The molecule has 0 atom stereocenters. The van der Waals surface area contributed by atoms with Crippen molar-refractivity contribution in [1.29, 1.82) is 0 Å². The second-order valence-corrected chi connectivity index (χ2v) is 9.85. The molecule has 6 aromatic rings. The normalized spacial score (nSPS) is 12.8. The quantitative estimate of drug-likeness (QED) is 0.233. The van der Waals surface area contributed by atoms with Gasteiger partial charge in [-0.15, -0.1) is 0 Å². The van der Waals surface area contributed by atoms with E-state index in [0.29, 0.717) is 0 Å². The monoisotopic (exact) mass is 516 g/mol. The summed E-state index contributed by atoms with van der Waals surface area (Å²) in [6.07, 6.45) is 0. The third-order valence-corrected chi connectivity index (χ3v) is 7.42. The third-order valence-electron chi connectivity index (χ3n) is 7.42. The first-order valence-corrected chi connectivity index (χ1v) is 13.4. The van der Waals surface area contributed by atoms with Crippen molar-refractivity contribution in [3.63, 3.8) is 0 Å². The molecule has 4 heteroatoms. The molecule has 40 heavy (non-hydrogen) atoms. The molecular weight excluding hydrogens is 492 g/mol. The molecule has 0 aromatic heterocycles. The first kappa shape index (κ1) is 22.5. The highest BCUT2D eigenvalue weighted by Crippen LogP contribution is 2.53. The standard InChI is InChI=1S/C36H24N2O2/c1-3-11-27(12-4-1)37-29-15-7-9-17-33(29)39-35-23-25(19-21-31(35)37)26-20-22-32-36(24-26)40-34-18-10-8-16-30(34)38(32)28-13-5-2-6-14-28/h1-24H. The summed E-state index contributed by atoms with van der Waals surface area (Å²) in [5.41, 5.74) is 8.36. The molecule has 0 amide bonds. The van der Waals surface area contributed by atoms with Crippen LogP contribution in [0.25, 0.3) is 11.1 Å². The van der Waals surface area contributed by atoms with Gasteiger partial charge in [0.05, 0.1) is 22.7 Å². The molecule has 0 bridgehead atoms. The van der Waals surface area contributed by atoms with Crippen LogP contribution in [0.3, 0.4) is 0 Å². The van der Waals surface area contributed by atoms with Crippen molar-refractivity contribution in [1.82, 2.24) is 0 Å². The predicted molar refractivity (Wildman–Crippen MR) is 161 cm³/mol. The van der Waals surface area contributed by atoms with Gasteiger partial charge in [0.15, 0.2) is 23.0 Å². The Bertz CT molecular complexity index is 1730. The Balaban J connectivity index is 1.22. The fourth-order valence-electron chi connectivity index (χ4n) is 5.58. The van der Waals surface area contributed by atoms with E-state index in [2.05, 4.69) is 107 Å². The Hall–Kier alpha value is -5.48. The molecule has 0 fully saturated rings. The zero-order chi connectivity index (χ0) is 26.5. The van der Waals surface area contributed by atoms with Gasteiger partial charge in [0.25, 0.3) is 0 Å². The van der Waals surface area contributed by atoms with Crippen LogP contribution in [0, 0.1) is 0 Å². The topological polar surface area (TPSA) is 24.9 Å². The van der Waals surface area contributed by atoms with Crippen molar-refractivity contribution in [2.75, 3.05) is 9.80 Å². The van der Waals surface area contributed by atoms with E-state index in [1.807, 2.05) is 48.5 Å². The maximum Gasteiger partial charge on any atom is 0.152 e. The molecule has 4 nitrogen and oxygen atoms in total. The minimum Gasteiger partial charge on any atom is -0.453 e. The lowest BCUT2D eigenvalue weighted by Gasteiger charge is -2.33. The Morgan fingerprint density at radius 3 is 1.15 bits per heavy atom. The van der Waals surface area contributed by atoms with E-state index in [4.69, 9.17) is 9.47 Å². The highest BCUT2D eigenvalue weighted by Gasteiger charge is 2.28. The van der Waals surface area contributed by atoms with Crippen LogP contribution in [0.4, 0.5) is 34.1 Å². The van der Waals surface area contributed by atoms with Crippen molar-refractivity contribution in [2.45, 2.75) is 0 Å². The van der Waals surface area contributed by atoms with Crippen molar-refractivity contribution in [2.24, 2.45) is 0 Å². The first-order valence-electron chi connectivity index (χ1n) is 13.4. The molecule has 2 aliphatic rings. The number of benzene rings is 6. The van der Waals surface area contributed by atoms with Crippen LogP contribution in [-0.4, -0.2) is 0 Å². The SMILES string of the molecule is c1ccc(N2c3ccccc3Oc3cc(-c4ccc5c(c4)Oc4ccccc4N5c4ccccc4)ccc32)cc1. The summed E-state index contributed by atoms with van der Waals surface area (Å²) in [6, 6.07) is 50.0. The maximum absolute atomic E-state index is 6.44. The van der Waals surface area contributed by atoms with Gasteiger partial charge in [-0.1, -0.05) is 72.8 Å². The van der Waals surface area contributed by atoms with Gasteiger partial charge in [-0.05, 0) is 83.9 Å². The largest absolute Gasteiger partial charge is 0.453 e. The summed E-state index contributed by atoms with van der Waals surface area (Å²) in [5, 5.41) is 0. The number of rotatable bonds is 3.